The molecule has 0 spiro atoms. The van der Waals surface area contributed by atoms with Crippen molar-refractivity contribution in [3.63, 3.8) is 0 Å². The molecule has 0 amide bonds. The van der Waals surface area contributed by atoms with E-state index >= 15 is 0 Å². The highest BCUT2D eigenvalue weighted by Crippen LogP contribution is 2.48. The summed E-state index contributed by atoms with van der Waals surface area (Å²) in [6.45, 7) is 0. The topological polar surface area (TPSA) is 46.5 Å². The maximum absolute atomic E-state index is 13.7. The van der Waals surface area contributed by atoms with Gasteiger partial charge in [0.05, 0.1) is 12.5 Å². The minimum absolute atomic E-state index is 0.0171. The molecule has 17 heavy (non-hydrogen) atoms. The van der Waals surface area contributed by atoms with Crippen LogP contribution in [0.5, 0.6) is 5.75 Å². The summed E-state index contributed by atoms with van der Waals surface area (Å²) in [5.41, 5.74) is -0.708. The molecule has 3 nitrogen and oxygen atoms in total. The highest BCUT2D eigenvalue weighted by Gasteiger charge is 2.48. The molecule has 92 valence electrons. The molecular formula is C12H12ClFO3. The number of hydrogen-bond donors (Lipinski definition) is 1. The van der Waals surface area contributed by atoms with Crippen molar-refractivity contribution in [1.29, 1.82) is 0 Å². The summed E-state index contributed by atoms with van der Waals surface area (Å²) in [4.78, 5) is 11.4. The lowest BCUT2D eigenvalue weighted by Crippen LogP contribution is -2.42. The number of rotatable bonds is 3. The highest BCUT2D eigenvalue weighted by molar-refractivity contribution is 6.30. The van der Waals surface area contributed by atoms with Gasteiger partial charge in [0.2, 0.25) is 0 Å². The molecule has 1 aromatic carbocycles. The molecule has 0 aromatic heterocycles. The van der Waals surface area contributed by atoms with E-state index in [4.69, 9.17) is 16.3 Å². The number of halogens is 2. The van der Waals surface area contributed by atoms with Crippen molar-refractivity contribution in [3.05, 3.63) is 28.5 Å². The van der Waals surface area contributed by atoms with Crippen molar-refractivity contribution in [2.45, 2.75) is 24.7 Å². The molecular weight excluding hydrogens is 247 g/mol. The Kier molecular flexibility index (Phi) is 3.00. The molecule has 0 radical (unpaired) electrons. The largest absolute Gasteiger partial charge is 0.493 e. The number of ether oxygens (including phenoxy) is 1. The molecule has 0 heterocycles. The molecule has 2 rings (SSSR count). The van der Waals surface area contributed by atoms with Crippen LogP contribution in [0.1, 0.15) is 24.8 Å². The fraction of sp³-hybridized carbons (Fsp3) is 0.417. The van der Waals surface area contributed by atoms with Gasteiger partial charge < -0.3 is 9.84 Å². The van der Waals surface area contributed by atoms with Crippen LogP contribution >= 0.6 is 11.6 Å². The number of benzene rings is 1. The Hall–Kier alpha value is -1.29. The van der Waals surface area contributed by atoms with Crippen LogP contribution in [0.4, 0.5) is 4.39 Å². The second-order valence-corrected chi connectivity index (χ2v) is 4.65. The first-order valence-electron chi connectivity index (χ1n) is 5.28. The summed E-state index contributed by atoms with van der Waals surface area (Å²) in [7, 11) is 1.32. The second kappa shape index (κ2) is 4.18. The Balaban J connectivity index is 2.61. The van der Waals surface area contributed by atoms with E-state index in [1.165, 1.54) is 13.2 Å². The first-order chi connectivity index (χ1) is 8.01. The maximum Gasteiger partial charge on any atom is 0.314 e. The van der Waals surface area contributed by atoms with Gasteiger partial charge in [-0.05, 0) is 25.0 Å². The van der Waals surface area contributed by atoms with E-state index in [0.717, 1.165) is 12.5 Å². The number of aliphatic carboxylic acids is 1. The van der Waals surface area contributed by atoms with Gasteiger partial charge in [0.15, 0.2) is 11.6 Å². The van der Waals surface area contributed by atoms with E-state index in [2.05, 4.69) is 0 Å². The maximum atomic E-state index is 13.7. The lowest BCUT2D eigenvalue weighted by atomic mass is 9.64. The SMILES string of the molecule is COc1c(F)cc(Cl)cc1C1(C(=O)O)CCC1. The normalized spacial score (nSPS) is 17.4. The van der Waals surface area contributed by atoms with Crippen LogP contribution in [0.3, 0.4) is 0 Å². The summed E-state index contributed by atoms with van der Waals surface area (Å²) in [5.74, 6) is -1.59. The molecule has 5 heteroatoms. The Morgan fingerprint density at radius 1 is 1.53 bits per heavy atom. The minimum atomic E-state index is -1.04. The molecule has 0 saturated heterocycles. The van der Waals surface area contributed by atoms with Crippen molar-refractivity contribution in [2.75, 3.05) is 7.11 Å². The Morgan fingerprint density at radius 2 is 2.18 bits per heavy atom. The lowest BCUT2D eigenvalue weighted by molar-refractivity contribution is -0.147. The van der Waals surface area contributed by atoms with Gasteiger partial charge in [0.1, 0.15) is 0 Å². The quantitative estimate of drug-likeness (QED) is 0.907. The first kappa shape index (κ1) is 12.2. The average Bonchev–Trinajstić information content (AvgIpc) is 2.14. The van der Waals surface area contributed by atoms with Crippen molar-refractivity contribution in [2.24, 2.45) is 0 Å². The van der Waals surface area contributed by atoms with Crippen LogP contribution in [0.2, 0.25) is 5.02 Å². The monoisotopic (exact) mass is 258 g/mol. The van der Waals surface area contributed by atoms with Gasteiger partial charge in [-0.15, -0.1) is 0 Å². The third kappa shape index (κ3) is 1.76. The molecule has 0 bridgehead atoms. The van der Waals surface area contributed by atoms with Gasteiger partial charge in [-0.3, -0.25) is 4.79 Å². The van der Waals surface area contributed by atoms with Gasteiger partial charge in [-0.25, -0.2) is 4.39 Å². The third-order valence-corrected chi connectivity index (χ3v) is 3.56. The molecule has 1 saturated carbocycles. The molecule has 1 aromatic rings. The van der Waals surface area contributed by atoms with Gasteiger partial charge >= 0.3 is 5.97 Å². The van der Waals surface area contributed by atoms with E-state index in [0.29, 0.717) is 18.4 Å². The molecule has 1 aliphatic rings. The van der Waals surface area contributed by atoms with Crippen LogP contribution in [0.25, 0.3) is 0 Å². The van der Waals surface area contributed by atoms with E-state index < -0.39 is 17.2 Å². The van der Waals surface area contributed by atoms with Crippen LogP contribution < -0.4 is 4.74 Å². The van der Waals surface area contributed by atoms with E-state index in [1.807, 2.05) is 0 Å². The molecule has 1 aliphatic carbocycles. The van der Waals surface area contributed by atoms with Gasteiger partial charge in [0, 0.05) is 10.6 Å². The Bertz CT molecular complexity index is 469. The summed E-state index contributed by atoms with van der Waals surface area (Å²) in [6, 6.07) is 2.61. The minimum Gasteiger partial charge on any atom is -0.493 e. The van der Waals surface area contributed by atoms with E-state index in [1.54, 1.807) is 0 Å². The van der Waals surface area contributed by atoms with Crippen molar-refractivity contribution in [1.82, 2.24) is 0 Å². The number of hydrogen-bond acceptors (Lipinski definition) is 2. The van der Waals surface area contributed by atoms with Crippen LogP contribution in [0.15, 0.2) is 12.1 Å². The zero-order valence-corrected chi connectivity index (χ0v) is 10.1. The zero-order valence-electron chi connectivity index (χ0n) is 9.30. The molecule has 0 unspecified atom stereocenters. The number of methoxy groups -OCH3 is 1. The number of carbonyl (C=O) groups is 1. The molecule has 1 fully saturated rings. The molecule has 1 N–H and O–H groups in total. The van der Waals surface area contributed by atoms with E-state index in [9.17, 15) is 14.3 Å². The first-order valence-corrected chi connectivity index (χ1v) is 5.66. The van der Waals surface area contributed by atoms with Crippen molar-refractivity contribution < 1.29 is 19.0 Å². The fourth-order valence-electron chi connectivity index (χ4n) is 2.25. The number of carboxylic acids is 1. The Morgan fingerprint density at radius 3 is 2.59 bits per heavy atom. The summed E-state index contributed by atoms with van der Waals surface area (Å²) < 4.78 is 18.6. The average molecular weight is 259 g/mol. The molecule has 0 atom stereocenters. The predicted octanol–water partition coefficient (Wildman–Crippen LogP) is 2.99. The fourth-order valence-corrected chi connectivity index (χ4v) is 2.46. The Labute approximate surface area is 103 Å². The van der Waals surface area contributed by atoms with Crippen molar-refractivity contribution >= 4 is 17.6 Å². The summed E-state index contributed by atoms with van der Waals surface area (Å²) in [6.07, 6.45) is 1.78. The summed E-state index contributed by atoms with van der Waals surface area (Å²) in [5, 5.41) is 9.50. The summed E-state index contributed by atoms with van der Waals surface area (Å²) >= 11 is 5.78. The van der Waals surface area contributed by atoms with Gasteiger partial charge in [-0.2, -0.15) is 0 Å². The zero-order chi connectivity index (χ0) is 12.6. The van der Waals surface area contributed by atoms with Gasteiger partial charge in [-0.1, -0.05) is 18.0 Å². The predicted molar refractivity (Wildman–Crippen MR) is 61.1 cm³/mol. The third-order valence-electron chi connectivity index (χ3n) is 3.34. The standard InChI is InChI=1S/C12H12ClFO3/c1-17-10-8(5-7(13)6-9(10)14)12(11(15)16)3-2-4-12/h5-6H,2-4H2,1H3,(H,15,16). The van der Waals surface area contributed by atoms with Gasteiger partial charge in [0.25, 0.3) is 0 Å². The van der Waals surface area contributed by atoms with Crippen LogP contribution in [-0.2, 0) is 10.2 Å². The van der Waals surface area contributed by atoms with Crippen molar-refractivity contribution in [3.8, 4) is 5.75 Å². The van der Waals surface area contributed by atoms with Crippen LogP contribution in [-0.4, -0.2) is 18.2 Å². The smallest absolute Gasteiger partial charge is 0.314 e. The molecule has 0 aliphatic heterocycles. The second-order valence-electron chi connectivity index (χ2n) is 4.21. The lowest BCUT2D eigenvalue weighted by Gasteiger charge is -2.38. The van der Waals surface area contributed by atoms with Crippen LogP contribution in [0, 0.1) is 5.82 Å². The highest BCUT2D eigenvalue weighted by atomic mass is 35.5. The van der Waals surface area contributed by atoms with E-state index in [-0.39, 0.29) is 10.8 Å². The number of carboxylic acid groups (broad SMARTS) is 1.